The number of alkyl halides is 1. The van der Waals surface area contributed by atoms with Gasteiger partial charge in [0.1, 0.15) is 0 Å². The lowest BCUT2D eigenvalue weighted by Crippen LogP contribution is -2.44. The maximum Gasteiger partial charge on any atom is 0.255 e. The maximum absolute atomic E-state index is 12.6. The smallest absolute Gasteiger partial charge is 0.255 e. The Kier molecular flexibility index (Phi) is 5.55. The van der Waals surface area contributed by atoms with Crippen molar-refractivity contribution in [3.05, 3.63) is 32.4 Å². The van der Waals surface area contributed by atoms with Crippen LogP contribution in [0.1, 0.15) is 36.0 Å². The SMILES string of the molecule is CN(C(=O)c1cc(Cl)ccc1I)C1CCCCC1Br. The lowest BCUT2D eigenvalue weighted by molar-refractivity contribution is 0.0703. The number of amides is 1. The van der Waals surface area contributed by atoms with Gasteiger partial charge in [-0.1, -0.05) is 40.4 Å². The van der Waals surface area contributed by atoms with Crippen LogP contribution in [0.25, 0.3) is 0 Å². The molecule has 0 radical (unpaired) electrons. The first-order chi connectivity index (χ1) is 9.00. The molecule has 1 fully saturated rings. The lowest BCUT2D eigenvalue weighted by Gasteiger charge is -2.35. The van der Waals surface area contributed by atoms with Crippen LogP contribution in [0.3, 0.4) is 0 Å². The van der Waals surface area contributed by atoms with Crippen LogP contribution in [-0.2, 0) is 0 Å². The number of carbonyl (C=O) groups excluding carboxylic acids is 1. The van der Waals surface area contributed by atoms with Crippen molar-refractivity contribution in [3.63, 3.8) is 0 Å². The average Bonchev–Trinajstić information content (AvgIpc) is 2.40. The molecule has 0 aromatic heterocycles. The zero-order valence-corrected chi connectivity index (χ0v) is 15.2. The highest BCUT2D eigenvalue weighted by Gasteiger charge is 2.30. The molecular formula is C14H16BrClINO. The number of rotatable bonds is 2. The highest BCUT2D eigenvalue weighted by molar-refractivity contribution is 14.1. The maximum atomic E-state index is 12.6. The Bertz CT molecular complexity index is 483. The largest absolute Gasteiger partial charge is 0.338 e. The first-order valence-electron chi connectivity index (χ1n) is 6.37. The van der Waals surface area contributed by atoms with Crippen LogP contribution in [0, 0.1) is 3.57 Å². The van der Waals surface area contributed by atoms with E-state index >= 15 is 0 Å². The molecule has 1 amide bonds. The van der Waals surface area contributed by atoms with Crippen molar-refractivity contribution in [2.45, 2.75) is 36.6 Å². The summed E-state index contributed by atoms with van der Waals surface area (Å²) < 4.78 is 0.945. The van der Waals surface area contributed by atoms with Gasteiger partial charge < -0.3 is 4.90 Å². The summed E-state index contributed by atoms with van der Waals surface area (Å²) in [5.74, 6) is 0.0586. The molecule has 104 valence electrons. The predicted octanol–water partition coefficient (Wildman–Crippen LogP) is 4.72. The second-order valence-electron chi connectivity index (χ2n) is 4.91. The number of halogens is 3. The minimum Gasteiger partial charge on any atom is -0.338 e. The summed E-state index contributed by atoms with van der Waals surface area (Å²) in [6.45, 7) is 0. The topological polar surface area (TPSA) is 20.3 Å². The summed E-state index contributed by atoms with van der Waals surface area (Å²) in [5.41, 5.74) is 0.695. The molecule has 0 heterocycles. The van der Waals surface area contributed by atoms with Crippen LogP contribution in [0.2, 0.25) is 5.02 Å². The van der Waals surface area contributed by atoms with E-state index in [4.69, 9.17) is 11.6 Å². The summed E-state index contributed by atoms with van der Waals surface area (Å²) in [6, 6.07) is 5.73. The van der Waals surface area contributed by atoms with Gasteiger partial charge in [-0.15, -0.1) is 0 Å². The number of hydrogen-bond donors (Lipinski definition) is 0. The normalized spacial score (nSPS) is 23.2. The lowest BCUT2D eigenvalue weighted by atomic mass is 9.94. The highest BCUT2D eigenvalue weighted by atomic mass is 127. The Morgan fingerprint density at radius 3 is 2.79 bits per heavy atom. The molecule has 2 atom stereocenters. The number of hydrogen-bond acceptors (Lipinski definition) is 1. The van der Waals surface area contributed by atoms with E-state index in [9.17, 15) is 4.79 Å². The van der Waals surface area contributed by atoms with Gasteiger partial charge in [0.05, 0.1) is 5.56 Å². The van der Waals surface area contributed by atoms with Gasteiger partial charge in [-0.05, 0) is 53.6 Å². The van der Waals surface area contributed by atoms with E-state index in [1.54, 1.807) is 6.07 Å². The Labute approximate surface area is 141 Å². The van der Waals surface area contributed by atoms with Crippen molar-refractivity contribution in [3.8, 4) is 0 Å². The second-order valence-corrected chi connectivity index (χ2v) is 7.68. The van der Waals surface area contributed by atoms with Gasteiger partial charge in [0.15, 0.2) is 0 Å². The molecule has 2 nitrogen and oxygen atoms in total. The number of benzene rings is 1. The highest BCUT2D eigenvalue weighted by Crippen LogP contribution is 2.29. The number of nitrogens with zero attached hydrogens (tertiary/aromatic N) is 1. The fourth-order valence-electron chi connectivity index (χ4n) is 2.50. The average molecular weight is 457 g/mol. The molecule has 2 unspecified atom stereocenters. The summed E-state index contributed by atoms with van der Waals surface area (Å²) in [5, 5.41) is 0.608. The summed E-state index contributed by atoms with van der Waals surface area (Å²) in [6.07, 6.45) is 4.63. The Morgan fingerprint density at radius 1 is 1.42 bits per heavy atom. The minimum atomic E-state index is 0.0586. The van der Waals surface area contributed by atoms with Gasteiger partial charge in [0.2, 0.25) is 0 Å². The van der Waals surface area contributed by atoms with E-state index in [0.29, 0.717) is 15.4 Å². The first kappa shape index (κ1) is 15.6. The van der Waals surface area contributed by atoms with Crippen LogP contribution in [0.5, 0.6) is 0 Å². The summed E-state index contributed by atoms with van der Waals surface area (Å²) in [7, 11) is 1.89. The van der Waals surface area contributed by atoms with Crippen LogP contribution < -0.4 is 0 Å². The van der Waals surface area contributed by atoms with Crippen molar-refractivity contribution < 1.29 is 4.79 Å². The van der Waals surface area contributed by atoms with Crippen molar-refractivity contribution in [2.24, 2.45) is 0 Å². The van der Waals surface area contributed by atoms with E-state index in [2.05, 4.69) is 38.5 Å². The zero-order valence-electron chi connectivity index (χ0n) is 10.7. The summed E-state index contributed by atoms with van der Waals surface area (Å²) >= 11 is 11.9. The second kappa shape index (κ2) is 6.76. The minimum absolute atomic E-state index is 0.0586. The summed E-state index contributed by atoms with van der Waals surface area (Å²) in [4.78, 5) is 14.9. The third kappa shape index (κ3) is 3.64. The van der Waals surface area contributed by atoms with E-state index in [0.717, 1.165) is 16.4 Å². The van der Waals surface area contributed by atoms with Crippen LogP contribution >= 0.6 is 50.1 Å². The van der Waals surface area contributed by atoms with Crippen molar-refractivity contribution in [2.75, 3.05) is 7.05 Å². The molecule has 5 heteroatoms. The van der Waals surface area contributed by atoms with Crippen LogP contribution in [0.15, 0.2) is 18.2 Å². The third-order valence-corrected chi connectivity index (χ3v) is 5.87. The van der Waals surface area contributed by atoms with Crippen LogP contribution in [-0.4, -0.2) is 28.7 Å². The molecule has 0 aliphatic heterocycles. The van der Waals surface area contributed by atoms with Gasteiger partial charge in [0, 0.05) is 26.5 Å². The fourth-order valence-corrected chi connectivity index (χ4v) is 4.19. The molecular weight excluding hydrogens is 440 g/mol. The van der Waals surface area contributed by atoms with E-state index in [-0.39, 0.29) is 11.9 Å². The molecule has 1 aromatic rings. The Hall–Kier alpha value is 0.190. The number of carbonyl (C=O) groups is 1. The molecule has 19 heavy (non-hydrogen) atoms. The monoisotopic (exact) mass is 455 g/mol. The Morgan fingerprint density at radius 2 is 2.11 bits per heavy atom. The molecule has 1 aliphatic rings. The quantitative estimate of drug-likeness (QED) is 0.466. The third-order valence-electron chi connectivity index (χ3n) is 3.62. The van der Waals surface area contributed by atoms with Gasteiger partial charge in [-0.2, -0.15) is 0 Å². The van der Waals surface area contributed by atoms with Crippen molar-refractivity contribution >= 4 is 56.0 Å². The van der Waals surface area contributed by atoms with Gasteiger partial charge in [-0.25, -0.2) is 0 Å². The molecule has 0 spiro atoms. The van der Waals surface area contributed by atoms with E-state index in [1.807, 2.05) is 24.1 Å². The van der Waals surface area contributed by atoms with Crippen molar-refractivity contribution in [1.29, 1.82) is 0 Å². The van der Waals surface area contributed by atoms with Gasteiger partial charge in [-0.3, -0.25) is 4.79 Å². The molecule has 2 rings (SSSR count). The van der Waals surface area contributed by atoms with Crippen molar-refractivity contribution in [1.82, 2.24) is 4.90 Å². The van der Waals surface area contributed by atoms with Crippen LogP contribution in [0.4, 0.5) is 0 Å². The Balaban J connectivity index is 2.20. The molecule has 0 N–H and O–H groups in total. The fraction of sp³-hybridized carbons (Fsp3) is 0.500. The standard InChI is InChI=1S/C14H16BrClINO/c1-18(13-5-3-2-4-11(13)15)14(19)10-8-9(16)6-7-12(10)17/h6-8,11,13H,2-5H2,1H3. The molecule has 1 aromatic carbocycles. The molecule has 0 saturated heterocycles. The molecule has 0 bridgehead atoms. The predicted molar refractivity (Wildman–Crippen MR) is 91.2 cm³/mol. The van der Waals surface area contributed by atoms with E-state index < -0.39 is 0 Å². The molecule has 1 saturated carbocycles. The molecule has 1 aliphatic carbocycles. The van der Waals surface area contributed by atoms with E-state index in [1.165, 1.54) is 12.8 Å². The van der Waals surface area contributed by atoms with Gasteiger partial charge in [0.25, 0.3) is 5.91 Å². The van der Waals surface area contributed by atoms with Gasteiger partial charge >= 0.3 is 0 Å². The first-order valence-corrected chi connectivity index (χ1v) is 8.74. The zero-order chi connectivity index (χ0) is 14.0.